The molecule has 1 aromatic rings. The number of hydrogen-bond donors (Lipinski definition) is 2. The first kappa shape index (κ1) is 17.8. The summed E-state index contributed by atoms with van der Waals surface area (Å²) in [7, 11) is 0. The number of dihydropyridines is 1. The van der Waals surface area contributed by atoms with Gasteiger partial charge in [0.25, 0.3) is 0 Å². The lowest BCUT2D eigenvalue weighted by molar-refractivity contribution is -0.150. The van der Waals surface area contributed by atoms with Gasteiger partial charge in [0, 0.05) is 11.4 Å². The molecule has 5 nitrogen and oxygen atoms in total. The van der Waals surface area contributed by atoms with Crippen LogP contribution in [0.1, 0.15) is 46.1 Å². The molecular weight excluding hydrogens is 306 g/mol. The number of esters is 1. The summed E-state index contributed by atoms with van der Waals surface area (Å²) >= 11 is 0. The van der Waals surface area contributed by atoms with E-state index < -0.39 is 23.5 Å². The number of carbonyl (C=O) groups excluding carboxylic acids is 1. The molecule has 0 saturated heterocycles. The van der Waals surface area contributed by atoms with Gasteiger partial charge in [0.05, 0.1) is 17.1 Å². The minimum atomic E-state index is -1.05. The molecule has 5 heteroatoms. The van der Waals surface area contributed by atoms with Gasteiger partial charge in [0.15, 0.2) is 0 Å². The van der Waals surface area contributed by atoms with Crippen molar-refractivity contribution in [2.45, 2.75) is 46.1 Å². The van der Waals surface area contributed by atoms with Gasteiger partial charge in [0.2, 0.25) is 0 Å². The van der Waals surface area contributed by atoms with E-state index >= 15 is 0 Å². The van der Waals surface area contributed by atoms with Crippen LogP contribution in [0.25, 0.3) is 0 Å². The zero-order valence-electron chi connectivity index (χ0n) is 14.6. The minimum Gasteiger partial charge on any atom is -0.478 e. The van der Waals surface area contributed by atoms with Crippen LogP contribution in [0, 0.1) is 0 Å². The Labute approximate surface area is 142 Å². The third-order valence-corrected chi connectivity index (χ3v) is 3.74. The number of hydrogen-bond acceptors (Lipinski definition) is 4. The monoisotopic (exact) mass is 329 g/mol. The summed E-state index contributed by atoms with van der Waals surface area (Å²) in [5.74, 6) is -2.23. The lowest BCUT2D eigenvalue weighted by Gasteiger charge is -2.31. The Bertz CT molecular complexity index is 723. The molecule has 0 aromatic heterocycles. The van der Waals surface area contributed by atoms with E-state index in [0.717, 1.165) is 5.56 Å². The molecule has 0 radical (unpaired) electrons. The molecule has 128 valence electrons. The molecule has 0 amide bonds. The van der Waals surface area contributed by atoms with E-state index in [1.807, 2.05) is 30.3 Å². The summed E-state index contributed by atoms with van der Waals surface area (Å²) in [5.41, 5.74) is 1.72. The van der Waals surface area contributed by atoms with E-state index in [-0.39, 0.29) is 5.57 Å². The largest absolute Gasteiger partial charge is 0.478 e. The maximum absolute atomic E-state index is 12.7. The van der Waals surface area contributed by atoms with Crippen molar-refractivity contribution in [1.29, 1.82) is 0 Å². The fourth-order valence-electron chi connectivity index (χ4n) is 2.86. The van der Waals surface area contributed by atoms with Crippen molar-refractivity contribution in [3.05, 3.63) is 58.4 Å². The Balaban J connectivity index is 2.60. The second kappa shape index (κ2) is 6.51. The van der Waals surface area contributed by atoms with Crippen molar-refractivity contribution in [2.75, 3.05) is 0 Å². The molecule has 24 heavy (non-hydrogen) atoms. The molecule has 0 aliphatic carbocycles. The third kappa shape index (κ3) is 3.67. The van der Waals surface area contributed by atoms with Crippen molar-refractivity contribution < 1.29 is 19.4 Å². The number of rotatable bonds is 3. The highest BCUT2D eigenvalue weighted by atomic mass is 16.6. The second-order valence-electron chi connectivity index (χ2n) is 6.85. The second-order valence-corrected chi connectivity index (χ2v) is 6.85. The topological polar surface area (TPSA) is 75.6 Å². The van der Waals surface area contributed by atoms with Crippen LogP contribution in [0.15, 0.2) is 52.9 Å². The fraction of sp³-hybridized carbons (Fsp3) is 0.368. The van der Waals surface area contributed by atoms with Gasteiger partial charge in [-0.2, -0.15) is 0 Å². The number of allylic oxidation sites excluding steroid dienone is 2. The Morgan fingerprint density at radius 1 is 1.04 bits per heavy atom. The van der Waals surface area contributed by atoms with Gasteiger partial charge >= 0.3 is 11.9 Å². The van der Waals surface area contributed by atoms with Crippen LogP contribution in [0.4, 0.5) is 0 Å². The number of carboxylic acids is 1. The van der Waals surface area contributed by atoms with E-state index in [4.69, 9.17) is 4.74 Å². The zero-order chi connectivity index (χ0) is 18.1. The summed E-state index contributed by atoms with van der Waals surface area (Å²) < 4.78 is 5.51. The Hall–Kier alpha value is -2.56. The lowest BCUT2D eigenvalue weighted by Crippen LogP contribution is -2.34. The van der Waals surface area contributed by atoms with Gasteiger partial charge in [-0.3, -0.25) is 0 Å². The van der Waals surface area contributed by atoms with Crippen LogP contribution in [0.3, 0.4) is 0 Å². The van der Waals surface area contributed by atoms with E-state index in [2.05, 4.69) is 5.32 Å². The normalized spacial score (nSPS) is 18.3. The molecular formula is C19H23NO4. The van der Waals surface area contributed by atoms with Gasteiger partial charge in [-0.1, -0.05) is 30.3 Å². The molecule has 1 aromatic carbocycles. The van der Waals surface area contributed by atoms with Crippen molar-refractivity contribution >= 4 is 11.9 Å². The SMILES string of the molecule is CC1=C(C(=O)O)C(c2ccccc2)C(C(=O)OC(C)(C)C)=C(C)N1. The summed E-state index contributed by atoms with van der Waals surface area (Å²) in [5, 5.41) is 12.7. The average molecular weight is 329 g/mol. The Morgan fingerprint density at radius 2 is 1.58 bits per heavy atom. The molecule has 0 fully saturated rings. The molecule has 1 aliphatic rings. The van der Waals surface area contributed by atoms with Crippen LogP contribution in [-0.2, 0) is 14.3 Å². The van der Waals surface area contributed by atoms with E-state index in [0.29, 0.717) is 17.0 Å². The molecule has 1 heterocycles. The molecule has 1 atom stereocenters. The first-order chi connectivity index (χ1) is 11.1. The molecule has 1 aliphatic heterocycles. The number of carboxylic acid groups (broad SMARTS) is 1. The van der Waals surface area contributed by atoms with Crippen molar-refractivity contribution in [3.8, 4) is 0 Å². The molecule has 2 N–H and O–H groups in total. The van der Waals surface area contributed by atoms with E-state index in [1.165, 1.54) is 0 Å². The number of ether oxygens (including phenoxy) is 1. The fourth-order valence-corrected chi connectivity index (χ4v) is 2.86. The predicted octanol–water partition coefficient (Wildman–Crippen LogP) is 3.35. The summed E-state index contributed by atoms with van der Waals surface area (Å²) in [6.45, 7) is 8.82. The van der Waals surface area contributed by atoms with Gasteiger partial charge in [-0.25, -0.2) is 9.59 Å². The molecule has 1 unspecified atom stereocenters. The van der Waals surface area contributed by atoms with Crippen molar-refractivity contribution in [1.82, 2.24) is 5.32 Å². The summed E-state index contributed by atoms with van der Waals surface area (Å²) in [4.78, 5) is 24.6. The number of nitrogens with one attached hydrogen (secondary N) is 1. The van der Waals surface area contributed by atoms with E-state index in [9.17, 15) is 14.7 Å². The highest BCUT2D eigenvalue weighted by Gasteiger charge is 2.38. The molecule has 0 bridgehead atoms. The quantitative estimate of drug-likeness (QED) is 0.832. The smallest absolute Gasteiger partial charge is 0.337 e. The molecule has 0 spiro atoms. The van der Waals surface area contributed by atoms with Crippen molar-refractivity contribution in [2.24, 2.45) is 0 Å². The number of benzene rings is 1. The van der Waals surface area contributed by atoms with Crippen LogP contribution < -0.4 is 5.32 Å². The average Bonchev–Trinajstić information content (AvgIpc) is 2.44. The third-order valence-electron chi connectivity index (χ3n) is 3.74. The number of aliphatic carboxylic acids is 1. The standard InChI is InChI=1S/C19H23NO4/c1-11-14(17(21)22)16(13-9-7-6-8-10-13)15(12(2)20-11)18(23)24-19(3,4)5/h6-10,16,20H,1-5H3,(H,21,22). The maximum Gasteiger partial charge on any atom is 0.337 e. The minimum absolute atomic E-state index is 0.160. The molecule has 2 rings (SSSR count). The van der Waals surface area contributed by atoms with Crippen LogP contribution in [0.5, 0.6) is 0 Å². The lowest BCUT2D eigenvalue weighted by atomic mass is 9.80. The predicted molar refractivity (Wildman–Crippen MR) is 91.2 cm³/mol. The van der Waals surface area contributed by atoms with Gasteiger partial charge in [0.1, 0.15) is 5.60 Å². The summed E-state index contributed by atoms with van der Waals surface area (Å²) in [6, 6.07) is 9.15. The first-order valence-corrected chi connectivity index (χ1v) is 7.82. The maximum atomic E-state index is 12.7. The zero-order valence-corrected chi connectivity index (χ0v) is 14.6. The molecule has 0 saturated carbocycles. The number of carbonyl (C=O) groups is 2. The Morgan fingerprint density at radius 3 is 2.08 bits per heavy atom. The summed E-state index contributed by atoms with van der Waals surface area (Å²) in [6.07, 6.45) is 0. The van der Waals surface area contributed by atoms with Gasteiger partial charge in [-0.05, 0) is 40.2 Å². The highest BCUT2D eigenvalue weighted by molar-refractivity contribution is 5.99. The van der Waals surface area contributed by atoms with Gasteiger partial charge < -0.3 is 15.2 Å². The first-order valence-electron chi connectivity index (χ1n) is 7.82. The van der Waals surface area contributed by atoms with Gasteiger partial charge in [-0.15, -0.1) is 0 Å². The Kier molecular flexibility index (Phi) is 4.83. The van der Waals surface area contributed by atoms with E-state index in [1.54, 1.807) is 34.6 Å². The highest BCUT2D eigenvalue weighted by Crippen LogP contribution is 2.39. The van der Waals surface area contributed by atoms with Crippen LogP contribution >= 0.6 is 0 Å². The van der Waals surface area contributed by atoms with Crippen LogP contribution in [0.2, 0.25) is 0 Å². The van der Waals surface area contributed by atoms with Crippen LogP contribution in [-0.4, -0.2) is 22.6 Å². The van der Waals surface area contributed by atoms with Crippen molar-refractivity contribution in [3.63, 3.8) is 0 Å².